The smallest absolute Gasteiger partial charge is 0.319 e. The summed E-state index contributed by atoms with van der Waals surface area (Å²) in [4.78, 5) is 18.9. The number of aromatic amines is 1. The van der Waals surface area contributed by atoms with Crippen molar-refractivity contribution in [3.05, 3.63) is 23.2 Å². The summed E-state index contributed by atoms with van der Waals surface area (Å²) >= 11 is 7.30. The van der Waals surface area contributed by atoms with E-state index >= 15 is 0 Å². The fourth-order valence-corrected chi connectivity index (χ4v) is 2.87. The van der Waals surface area contributed by atoms with Crippen molar-refractivity contribution < 1.29 is 9.53 Å². The second kappa shape index (κ2) is 4.23. The highest BCUT2D eigenvalue weighted by Crippen LogP contribution is 2.29. The number of benzene rings is 1. The summed E-state index contributed by atoms with van der Waals surface area (Å²) < 4.78 is 4.91. The molecule has 0 amide bonds. The van der Waals surface area contributed by atoms with E-state index in [1.165, 1.54) is 11.8 Å². The number of rotatable bonds is 2. The van der Waals surface area contributed by atoms with Crippen LogP contribution in [0.2, 0.25) is 5.02 Å². The van der Waals surface area contributed by atoms with Gasteiger partial charge in [-0.05, 0) is 18.2 Å². The van der Waals surface area contributed by atoms with Crippen molar-refractivity contribution in [2.75, 3.05) is 6.61 Å². The van der Waals surface area contributed by atoms with Crippen LogP contribution in [-0.2, 0) is 9.53 Å². The van der Waals surface area contributed by atoms with Crippen LogP contribution in [0.4, 0.5) is 0 Å². The maximum absolute atomic E-state index is 11.3. The quantitative estimate of drug-likeness (QED) is 0.851. The Morgan fingerprint density at radius 3 is 3.18 bits per heavy atom. The lowest BCUT2D eigenvalue weighted by atomic mass is 10.3. The molecule has 0 unspecified atom stereocenters. The zero-order chi connectivity index (χ0) is 11.8. The molecule has 3 rings (SSSR count). The summed E-state index contributed by atoms with van der Waals surface area (Å²) in [6.45, 7) is 0.503. The van der Waals surface area contributed by atoms with Crippen LogP contribution in [0.15, 0.2) is 23.4 Å². The second-order valence-electron chi connectivity index (χ2n) is 3.77. The highest BCUT2D eigenvalue weighted by molar-refractivity contribution is 8.00. The molecular formula is C11H9ClN2O2S. The molecule has 6 heteroatoms. The molecule has 1 saturated heterocycles. The van der Waals surface area contributed by atoms with E-state index in [0.717, 1.165) is 22.6 Å². The van der Waals surface area contributed by atoms with Gasteiger partial charge in [0.05, 0.1) is 17.6 Å². The van der Waals surface area contributed by atoms with E-state index < -0.39 is 0 Å². The summed E-state index contributed by atoms with van der Waals surface area (Å²) in [7, 11) is 0. The van der Waals surface area contributed by atoms with Gasteiger partial charge in [0, 0.05) is 11.4 Å². The Balaban J connectivity index is 1.88. The second-order valence-corrected chi connectivity index (χ2v) is 5.39. The summed E-state index contributed by atoms with van der Waals surface area (Å²) in [6.07, 6.45) is 0.737. The van der Waals surface area contributed by atoms with Crippen LogP contribution in [0.25, 0.3) is 11.0 Å². The van der Waals surface area contributed by atoms with E-state index in [4.69, 9.17) is 16.3 Å². The predicted octanol–water partition coefficient (Wildman–Crippen LogP) is 2.62. The first kappa shape index (κ1) is 10.9. The number of halogens is 1. The van der Waals surface area contributed by atoms with E-state index in [1.54, 1.807) is 6.07 Å². The minimum absolute atomic E-state index is 0.147. The number of imidazole rings is 1. The molecule has 1 aromatic heterocycles. The average Bonchev–Trinajstić information content (AvgIpc) is 2.85. The number of aromatic nitrogens is 2. The number of nitrogens with zero attached hydrogens (tertiary/aromatic N) is 1. The SMILES string of the molecule is O=C1OCC[C@H]1Sc1nc2ccc(Cl)cc2[nH]1. The van der Waals surface area contributed by atoms with Gasteiger partial charge >= 0.3 is 5.97 Å². The normalized spacial score (nSPS) is 19.8. The molecule has 1 N–H and O–H groups in total. The van der Waals surface area contributed by atoms with Crippen LogP contribution < -0.4 is 0 Å². The van der Waals surface area contributed by atoms with Crippen LogP contribution in [0.3, 0.4) is 0 Å². The third kappa shape index (κ3) is 2.12. The number of hydrogen-bond acceptors (Lipinski definition) is 4. The maximum Gasteiger partial charge on any atom is 0.319 e. The minimum Gasteiger partial charge on any atom is -0.465 e. The van der Waals surface area contributed by atoms with Gasteiger partial charge in [-0.3, -0.25) is 4.79 Å². The van der Waals surface area contributed by atoms with Crippen molar-refractivity contribution in [1.29, 1.82) is 0 Å². The standard InChI is InChI=1S/C11H9ClN2O2S/c12-6-1-2-7-8(5-6)14-11(13-7)17-9-3-4-16-10(9)15/h1-2,5,9H,3-4H2,(H,13,14)/t9-/m1/s1. The molecule has 4 nitrogen and oxygen atoms in total. The lowest BCUT2D eigenvalue weighted by Gasteiger charge is -2.00. The van der Waals surface area contributed by atoms with Gasteiger partial charge < -0.3 is 9.72 Å². The number of nitrogens with one attached hydrogen (secondary N) is 1. The third-order valence-corrected chi connectivity index (χ3v) is 3.93. The Kier molecular flexibility index (Phi) is 2.72. The average molecular weight is 269 g/mol. The van der Waals surface area contributed by atoms with Crippen molar-refractivity contribution in [1.82, 2.24) is 9.97 Å². The molecule has 0 spiro atoms. The molecule has 1 aromatic carbocycles. The first-order valence-electron chi connectivity index (χ1n) is 5.21. The molecule has 1 atom stereocenters. The molecule has 0 saturated carbocycles. The first-order chi connectivity index (χ1) is 8.22. The van der Waals surface area contributed by atoms with Gasteiger partial charge in [-0.2, -0.15) is 0 Å². The largest absolute Gasteiger partial charge is 0.465 e. The highest BCUT2D eigenvalue weighted by atomic mass is 35.5. The molecule has 17 heavy (non-hydrogen) atoms. The molecule has 2 aromatic rings. The van der Waals surface area contributed by atoms with Gasteiger partial charge in [0.2, 0.25) is 0 Å². The number of ether oxygens (including phenoxy) is 1. The van der Waals surface area contributed by atoms with Crippen molar-refractivity contribution >= 4 is 40.4 Å². The number of hydrogen-bond donors (Lipinski definition) is 1. The number of thioether (sulfide) groups is 1. The lowest BCUT2D eigenvalue weighted by Crippen LogP contribution is -2.09. The van der Waals surface area contributed by atoms with Gasteiger partial charge in [-0.1, -0.05) is 23.4 Å². The van der Waals surface area contributed by atoms with Crippen LogP contribution in [0, 0.1) is 0 Å². The predicted molar refractivity (Wildman–Crippen MR) is 66.3 cm³/mol. The number of cyclic esters (lactones) is 1. The molecule has 0 radical (unpaired) electrons. The third-order valence-electron chi connectivity index (χ3n) is 2.56. The van der Waals surface area contributed by atoms with E-state index in [1.807, 2.05) is 12.1 Å². The summed E-state index contributed by atoms with van der Waals surface area (Å²) in [5, 5.41) is 1.25. The Bertz CT molecular complexity index is 584. The Hall–Kier alpha value is -1.20. The van der Waals surface area contributed by atoms with Gasteiger partial charge in [0.1, 0.15) is 5.25 Å². The molecular weight excluding hydrogens is 260 g/mol. The lowest BCUT2D eigenvalue weighted by molar-refractivity contribution is -0.137. The number of H-pyrrole nitrogens is 1. The number of carbonyl (C=O) groups excluding carboxylic acids is 1. The molecule has 0 bridgehead atoms. The van der Waals surface area contributed by atoms with E-state index in [2.05, 4.69) is 9.97 Å². The Morgan fingerprint density at radius 1 is 1.53 bits per heavy atom. The van der Waals surface area contributed by atoms with Gasteiger partial charge in [-0.25, -0.2) is 4.98 Å². The molecule has 88 valence electrons. The fourth-order valence-electron chi connectivity index (χ4n) is 1.73. The van der Waals surface area contributed by atoms with E-state index in [0.29, 0.717) is 11.6 Å². The maximum atomic E-state index is 11.3. The van der Waals surface area contributed by atoms with Gasteiger partial charge in [0.15, 0.2) is 5.16 Å². The summed E-state index contributed by atoms with van der Waals surface area (Å²) in [5.41, 5.74) is 1.73. The van der Waals surface area contributed by atoms with Crippen LogP contribution in [-0.4, -0.2) is 27.8 Å². The van der Waals surface area contributed by atoms with Gasteiger partial charge in [0.25, 0.3) is 0 Å². The highest BCUT2D eigenvalue weighted by Gasteiger charge is 2.28. The van der Waals surface area contributed by atoms with Crippen molar-refractivity contribution in [2.24, 2.45) is 0 Å². The number of esters is 1. The van der Waals surface area contributed by atoms with Gasteiger partial charge in [-0.15, -0.1) is 0 Å². The van der Waals surface area contributed by atoms with Crippen LogP contribution in [0.5, 0.6) is 0 Å². The van der Waals surface area contributed by atoms with Crippen molar-refractivity contribution in [2.45, 2.75) is 16.8 Å². The topological polar surface area (TPSA) is 55.0 Å². The molecule has 1 aliphatic rings. The van der Waals surface area contributed by atoms with Crippen molar-refractivity contribution in [3.8, 4) is 0 Å². The minimum atomic E-state index is -0.159. The summed E-state index contributed by atoms with van der Waals surface area (Å²) in [6, 6.07) is 5.47. The fraction of sp³-hybridized carbons (Fsp3) is 0.273. The zero-order valence-corrected chi connectivity index (χ0v) is 10.3. The van der Waals surface area contributed by atoms with Crippen LogP contribution in [0.1, 0.15) is 6.42 Å². The van der Waals surface area contributed by atoms with Crippen molar-refractivity contribution in [3.63, 3.8) is 0 Å². The molecule has 1 aliphatic heterocycles. The first-order valence-corrected chi connectivity index (χ1v) is 6.47. The van der Waals surface area contributed by atoms with E-state index in [9.17, 15) is 4.79 Å². The zero-order valence-electron chi connectivity index (χ0n) is 8.77. The molecule has 2 heterocycles. The molecule has 1 fully saturated rings. The van der Waals surface area contributed by atoms with Crippen LogP contribution >= 0.6 is 23.4 Å². The summed E-state index contributed by atoms with van der Waals surface area (Å²) in [5.74, 6) is -0.159. The molecule has 0 aliphatic carbocycles. The number of fused-ring (bicyclic) bond motifs is 1. The monoisotopic (exact) mass is 268 g/mol. The van der Waals surface area contributed by atoms with E-state index in [-0.39, 0.29) is 11.2 Å². The number of carbonyl (C=O) groups is 1. The Morgan fingerprint density at radius 2 is 2.41 bits per heavy atom. The Labute approximate surface area is 107 Å².